The molecule has 4 heteroatoms. The Morgan fingerprint density at radius 3 is 0.889 bits per heavy atom. The van der Waals surface area contributed by atoms with Crippen molar-refractivity contribution >= 4 is 19.8 Å². The molecule has 2 nitrogen and oxygen atoms in total. The van der Waals surface area contributed by atoms with Crippen molar-refractivity contribution in [1.82, 2.24) is 0 Å². The predicted molar refractivity (Wildman–Crippen MR) is 50.5 cm³/mol. The van der Waals surface area contributed by atoms with Crippen LogP contribution in [0.15, 0.2) is 0 Å². The van der Waals surface area contributed by atoms with Gasteiger partial charge in [-0.2, -0.15) is 7.11 Å². The van der Waals surface area contributed by atoms with E-state index in [1.165, 1.54) is 0 Å². The number of hydrogen-bond acceptors (Lipinski definition) is 3. The normalized spacial score (nSPS) is 1.11. The Bertz CT molecular complexity index is 14.9. The van der Waals surface area contributed by atoms with Crippen LogP contribution in [0.4, 0.5) is 0 Å². The lowest BCUT2D eigenvalue weighted by Gasteiger charge is -1.57. The summed E-state index contributed by atoms with van der Waals surface area (Å²) < 4.78 is 0. The van der Waals surface area contributed by atoms with Crippen LogP contribution in [0.5, 0.6) is 0 Å². The monoisotopic (exact) mass is 176 g/mol. The van der Waals surface area contributed by atoms with Crippen LogP contribution in [-0.4, -0.2) is 12.6 Å². The first-order valence-corrected chi connectivity index (χ1v) is 2.25. The van der Waals surface area contributed by atoms with E-state index in [9.17, 15) is 0 Å². The van der Waals surface area contributed by atoms with E-state index < -0.39 is 0 Å². The van der Waals surface area contributed by atoms with E-state index in [-0.39, 0.29) is 35.2 Å². The zero-order valence-electron chi connectivity index (χ0n) is 2.76. The van der Waals surface area contributed by atoms with E-state index in [2.05, 4.69) is 19.8 Å². The first kappa shape index (κ1) is 113. The first-order valence-electron chi connectivity index (χ1n) is 0.612. The van der Waals surface area contributed by atoms with Crippen molar-refractivity contribution in [3.63, 3.8) is 0 Å². The minimum Gasteiger partial charge on any atom is -0.870 e. The highest BCUT2D eigenvalue weighted by molar-refractivity contribution is 7.88. The van der Waals surface area contributed by atoms with E-state index in [0.29, 0.717) is 0 Å². The van der Waals surface area contributed by atoms with Gasteiger partial charge in [0.1, 0.15) is 0 Å². The molecule has 0 atom stereocenters. The molecule has 0 rings (SSSR count). The third-order valence-corrected chi connectivity index (χ3v) is 0. The summed E-state index contributed by atoms with van der Waals surface area (Å²) in [6.07, 6.45) is 0. The lowest BCUT2D eigenvalue weighted by atomic mass is 11.8. The molecule has 0 radical (unpaired) electrons. The van der Waals surface area contributed by atoms with E-state index in [0.717, 1.165) is 7.11 Å². The Balaban J connectivity index is -0.00000000114. The van der Waals surface area contributed by atoms with Crippen LogP contribution < -0.4 is 5.11 Å². The van der Waals surface area contributed by atoms with Gasteiger partial charge in [-0.25, -0.2) is 0 Å². The van der Waals surface area contributed by atoms with Crippen molar-refractivity contribution in [3.8, 4) is 0 Å². The smallest absolute Gasteiger partial charge is 0.0437 e. The SMILES string of the molecule is C.C.C.C.C[O-].P=S.[OH-]. The molecule has 1 N–H and O–H groups in total. The summed E-state index contributed by atoms with van der Waals surface area (Å²) >= 11 is 3.89. The van der Waals surface area contributed by atoms with Gasteiger partial charge in [-0.1, -0.05) is 41.5 Å². The fourth-order valence-corrected chi connectivity index (χ4v) is 0. The molecule has 0 aliphatic carbocycles. The van der Waals surface area contributed by atoms with Crippen LogP contribution in [-0.2, 0) is 11.8 Å². The van der Waals surface area contributed by atoms with Gasteiger partial charge in [0.25, 0.3) is 0 Å². The summed E-state index contributed by atoms with van der Waals surface area (Å²) in [5.74, 6) is 0. The second kappa shape index (κ2) is 2410. The third-order valence-electron chi connectivity index (χ3n) is 0. The molecular weight excluding hydrogens is 155 g/mol. The van der Waals surface area contributed by atoms with Crippen molar-refractivity contribution in [1.29, 1.82) is 0 Å². The zero-order chi connectivity index (χ0) is 4.00. The summed E-state index contributed by atoms with van der Waals surface area (Å²) in [5.41, 5.74) is 0. The van der Waals surface area contributed by atoms with Crippen LogP contribution in [0.25, 0.3) is 0 Å². The highest BCUT2D eigenvalue weighted by Crippen LogP contribution is 1.26. The van der Waals surface area contributed by atoms with E-state index in [4.69, 9.17) is 5.11 Å². The molecule has 0 aromatic rings. The van der Waals surface area contributed by atoms with Gasteiger partial charge in [0, 0.05) is 0 Å². The molecule has 0 bridgehead atoms. The largest absolute Gasteiger partial charge is 0.870 e. The molecule has 0 saturated carbocycles. The molecule has 0 heterocycles. The van der Waals surface area contributed by atoms with Crippen LogP contribution >= 0.6 is 8.02 Å². The van der Waals surface area contributed by atoms with Crippen molar-refractivity contribution in [2.24, 2.45) is 0 Å². The molecule has 0 aliphatic heterocycles. The van der Waals surface area contributed by atoms with E-state index in [1.807, 2.05) is 0 Å². The van der Waals surface area contributed by atoms with E-state index in [1.54, 1.807) is 0 Å². The fraction of sp³-hybridized carbons (Fsp3) is 1.00. The van der Waals surface area contributed by atoms with Gasteiger partial charge in [0.05, 0.1) is 0 Å². The van der Waals surface area contributed by atoms with Gasteiger partial charge < -0.3 is 10.6 Å². The molecule has 0 aliphatic rings. The Labute approximate surface area is 67.9 Å². The number of rotatable bonds is 0. The summed E-state index contributed by atoms with van der Waals surface area (Å²) in [6.45, 7) is 0. The van der Waals surface area contributed by atoms with Gasteiger partial charge in [-0.15, -0.1) is 0 Å². The van der Waals surface area contributed by atoms with Gasteiger partial charge in [-0.05, 0) is 8.02 Å². The van der Waals surface area contributed by atoms with Gasteiger partial charge in [0.2, 0.25) is 0 Å². The molecule has 0 saturated heterocycles. The van der Waals surface area contributed by atoms with Crippen molar-refractivity contribution in [3.05, 3.63) is 0 Å². The maximum absolute atomic E-state index is 8.25. The summed E-state index contributed by atoms with van der Waals surface area (Å²) in [5, 5.41) is 8.25. The molecule has 9 heavy (non-hydrogen) atoms. The number of hydrogen-bond donors (Lipinski definition) is 0. The average Bonchev–Trinajstić information content (AvgIpc) is 1.50. The van der Waals surface area contributed by atoms with Gasteiger partial charge >= 0.3 is 0 Å². The first-order chi connectivity index (χ1) is 2.00. The fourth-order valence-electron chi connectivity index (χ4n) is 0. The Morgan fingerprint density at radius 1 is 0.889 bits per heavy atom. The van der Waals surface area contributed by atoms with Crippen molar-refractivity contribution < 1.29 is 10.6 Å². The minimum absolute atomic E-state index is 0. The lowest BCUT2D eigenvalue weighted by Crippen LogP contribution is -1.81. The predicted octanol–water partition coefficient (Wildman–Crippen LogP) is 1.94. The molecule has 0 unspecified atom stereocenters. The van der Waals surface area contributed by atoms with Crippen LogP contribution in [0, 0.1) is 0 Å². The van der Waals surface area contributed by atoms with Gasteiger partial charge in [0.15, 0.2) is 0 Å². The lowest BCUT2D eigenvalue weighted by molar-refractivity contribution is -0.325. The van der Waals surface area contributed by atoms with E-state index >= 15 is 0 Å². The molecule has 0 amide bonds. The quantitative estimate of drug-likeness (QED) is 0.530. The summed E-state index contributed by atoms with van der Waals surface area (Å²) in [4.78, 5) is 0. The van der Waals surface area contributed by atoms with Crippen molar-refractivity contribution in [2.75, 3.05) is 7.11 Å². The minimum atomic E-state index is 0. The Morgan fingerprint density at radius 2 is 0.889 bits per heavy atom. The molecule has 0 fully saturated rings. The van der Waals surface area contributed by atoms with Crippen LogP contribution in [0.1, 0.15) is 29.7 Å². The summed E-state index contributed by atoms with van der Waals surface area (Å²) in [7, 11) is 3.31. The second-order valence-corrected chi connectivity index (χ2v) is 0. The Hall–Kier alpha value is 0.440. The Kier molecular flexibility index (Phi) is 30300. The van der Waals surface area contributed by atoms with Gasteiger partial charge in [-0.3, -0.25) is 0 Å². The zero-order valence-corrected chi connectivity index (χ0v) is 4.58. The second-order valence-electron chi connectivity index (χ2n) is 0. The molecule has 0 aromatic carbocycles. The maximum atomic E-state index is 8.25. The molecule has 66 valence electrons. The summed E-state index contributed by atoms with van der Waals surface area (Å²) in [6, 6.07) is 0. The van der Waals surface area contributed by atoms with Crippen molar-refractivity contribution in [2.45, 2.75) is 29.7 Å². The highest BCUT2D eigenvalue weighted by atomic mass is 32.4. The van der Waals surface area contributed by atoms with Crippen LogP contribution in [0.3, 0.4) is 0 Å². The third kappa shape index (κ3) is 1810. The molecule has 0 aromatic heterocycles. The molecule has 0 spiro atoms. The highest BCUT2D eigenvalue weighted by Gasteiger charge is 0.655. The maximum Gasteiger partial charge on any atom is -0.0437 e. The molecular formula is C5H21O2PS-2. The topological polar surface area (TPSA) is 53.1 Å². The standard InChI is InChI=1S/CH3O.4CH4.H2O.HPS/c1-2;;;;;;1-2/h1H3;4*1H4;1H2;1H/q-1;;;;;;/p-1. The average molecular weight is 176 g/mol. The van der Waals surface area contributed by atoms with Crippen LogP contribution in [0.2, 0.25) is 0 Å².